The predicted octanol–water partition coefficient (Wildman–Crippen LogP) is 4.66. The predicted molar refractivity (Wildman–Crippen MR) is 82.2 cm³/mol. The smallest absolute Gasteiger partial charge is 0.132 e. The van der Waals surface area contributed by atoms with Crippen molar-refractivity contribution >= 4 is 0 Å². The minimum atomic E-state index is -0.0167. The first-order valence-corrected chi connectivity index (χ1v) is 7.04. The van der Waals surface area contributed by atoms with E-state index in [2.05, 4.69) is 32.9 Å². The molecule has 20 heavy (non-hydrogen) atoms. The molecule has 0 fully saturated rings. The molecule has 0 aliphatic rings. The lowest BCUT2D eigenvalue weighted by Gasteiger charge is -2.23. The van der Waals surface area contributed by atoms with Gasteiger partial charge in [0.25, 0.3) is 0 Å². The van der Waals surface area contributed by atoms with E-state index in [1.165, 1.54) is 5.56 Å². The molecule has 0 aliphatic heterocycles. The zero-order valence-electron chi connectivity index (χ0n) is 12.4. The van der Waals surface area contributed by atoms with Crippen LogP contribution < -0.4 is 4.74 Å². The standard InChI is InChI=1S/C18H22O2/c1-4-18(2,3)15-9-11-16(12-10-15)20-17-8-6-5-7-14(17)13-19/h5-12,19H,4,13H2,1-3H3. The monoisotopic (exact) mass is 270 g/mol. The summed E-state index contributed by atoms with van der Waals surface area (Å²) in [6.07, 6.45) is 1.10. The van der Waals surface area contributed by atoms with Gasteiger partial charge in [-0.05, 0) is 35.6 Å². The van der Waals surface area contributed by atoms with Crippen molar-refractivity contribution in [3.05, 3.63) is 59.7 Å². The minimum absolute atomic E-state index is 0.0167. The van der Waals surface area contributed by atoms with E-state index < -0.39 is 0 Å². The molecule has 0 aromatic heterocycles. The third-order valence-electron chi connectivity index (χ3n) is 3.89. The van der Waals surface area contributed by atoms with E-state index in [0.717, 1.165) is 17.7 Å². The highest BCUT2D eigenvalue weighted by Crippen LogP contribution is 2.30. The van der Waals surface area contributed by atoms with Gasteiger partial charge < -0.3 is 9.84 Å². The summed E-state index contributed by atoms with van der Waals surface area (Å²) in [6, 6.07) is 15.7. The van der Waals surface area contributed by atoms with Gasteiger partial charge in [0.1, 0.15) is 11.5 Å². The normalized spacial score (nSPS) is 11.4. The third kappa shape index (κ3) is 3.20. The Morgan fingerprint density at radius 1 is 1.00 bits per heavy atom. The van der Waals surface area contributed by atoms with E-state index in [9.17, 15) is 5.11 Å². The summed E-state index contributed by atoms with van der Waals surface area (Å²) in [4.78, 5) is 0. The summed E-state index contributed by atoms with van der Waals surface area (Å²) in [5.41, 5.74) is 2.29. The van der Waals surface area contributed by atoms with Gasteiger partial charge in [0.05, 0.1) is 6.61 Å². The van der Waals surface area contributed by atoms with Crippen LogP contribution in [0.5, 0.6) is 11.5 Å². The van der Waals surface area contributed by atoms with Gasteiger partial charge in [-0.1, -0.05) is 51.1 Å². The van der Waals surface area contributed by atoms with Crippen LogP contribution in [0.4, 0.5) is 0 Å². The first kappa shape index (κ1) is 14.6. The van der Waals surface area contributed by atoms with Crippen LogP contribution in [0.25, 0.3) is 0 Å². The number of aliphatic hydroxyl groups excluding tert-OH is 1. The largest absolute Gasteiger partial charge is 0.457 e. The Morgan fingerprint density at radius 3 is 2.25 bits per heavy atom. The average molecular weight is 270 g/mol. The van der Waals surface area contributed by atoms with Gasteiger partial charge in [-0.25, -0.2) is 0 Å². The number of rotatable bonds is 5. The molecule has 0 bridgehead atoms. The molecule has 0 aliphatic carbocycles. The summed E-state index contributed by atoms with van der Waals surface area (Å²) >= 11 is 0. The number of hydrogen-bond donors (Lipinski definition) is 1. The maximum Gasteiger partial charge on any atom is 0.132 e. The first-order chi connectivity index (χ1) is 9.56. The Bertz CT molecular complexity index is 556. The fourth-order valence-corrected chi connectivity index (χ4v) is 2.04. The van der Waals surface area contributed by atoms with Crippen molar-refractivity contribution in [1.82, 2.24) is 0 Å². The van der Waals surface area contributed by atoms with Crippen molar-refractivity contribution in [3.8, 4) is 11.5 Å². The molecule has 2 nitrogen and oxygen atoms in total. The van der Waals surface area contributed by atoms with Gasteiger partial charge in [-0.2, -0.15) is 0 Å². The van der Waals surface area contributed by atoms with Crippen molar-refractivity contribution in [2.75, 3.05) is 0 Å². The molecular formula is C18H22O2. The summed E-state index contributed by atoms with van der Waals surface area (Å²) in [7, 11) is 0. The Balaban J connectivity index is 2.19. The van der Waals surface area contributed by atoms with Gasteiger partial charge >= 0.3 is 0 Å². The fourth-order valence-electron chi connectivity index (χ4n) is 2.04. The number of para-hydroxylation sites is 1. The van der Waals surface area contributed by atoms with E-state index in [4.69, 9.17) is 4.74 Å². The Morgan fingerprint density at radius 2 is 1.65 bits per heavy atom. The molecule has 0 saturated carbocycles. The van der Waals surface area contributed by atoms with Crippen LogP contribution in [0.2, 0.25) is 0 Å². The lowest BCUT2D eigenvalue weighted by Crippen LogP contribution is -2.14. The zero-order chi connectivity index (χ0) is 14.6. The average Bonchev–Trinajstić information content (AvgIpc) is 2.48. The molecule has 0 unspecified atom stereocenters. The summed E-state index contributed by atoms with van der Waals surface area (Å²) in [5, 5.41) is 9.30. The van der Waals surface area contributed by atoms with Crippen LogP contribution in [-0.2, 0) is 12.0 Å². The third-order valence-corrected chi connectivity index (χ3v) is 3.89. The Kier molecular flexibility index (Phi) is 4.46. The molecule has 0 saturated heterocycles. The molecule has 0 radical (unpaired) electrons. The van der Waals surface area contributed by atoms with Crippen molar-refractivity contribution in [1.29, 1.82) is 0 Å². The van der Waals surface area contributed by atoms with Crippen LogP contribution in [0.1, 0.15) is 38.3 Å². The first-order valence-electron chi connectivity index (χ1n) is 7.04. The molecule has 0 atom stereocenters. The van der Waals surface area contributed by atoms with Crippen molar-refractivity contribution in [2.24, 2.45) is 0 Å². The van der Waals surface area contributed by atoms with Gasteiger partial charge in [0.2, 0.25) is 0 Å². The molecule has 0 spiro atoms. The Labute approximate surface area is 121 Å². The van der Waals surface area contributed by atoms with Gasteiger partial charge in [0.15, 0.2) is 0 Å². The van der Waals surface area contributed by atoms with E-state index in [1.54, 1.807) is 0 Å². The molecular weight excluding hydrogens is 248 g/mol. The molecule has 106 valence electrons. The minimum Gasteiger partial charge on any atom is -0.457 e. The highest BCUT2D eigenvalue weighted by molar-refractivity contribution is 5.39. The second-order valence-corrected chi connectivity index (χ2v) is 5.63. The maximum atomic E-state index is 9.30. The number of benzene rings is 2. The lowest BCUT2D eigenvalue weighted by atomic mass is 9.82. The van der Waals surface area contributed by atoms with E-state index in [1.807, 2.05) is 36.4 Å². The molecule has 1 N–H and O–H groups in total. The number of ether oxygens (including phenoxy) is 1. The quantitative estimate of drug-likeness (QED) is 0.856. The van der Waals surface area contributed by atoms with Crippen LogP contribution in [-0.4, -0.2) is 5.11 Å². The molecule has 2 heteroatoms. The summed E-state index contributed by atoms with van der Waals surface area (Å²) in [5.74, 6) is 1.50. The highest BCUT2D eigenvalue weighted by atomic mass is 16.5. The van der Waals surface area contributed by atoms with Gasteiger partial charge in [-0.15, -0.1) is 0 Å². The van der Waals surface area contributed by atoms with E-state index in [0.29, 0.717) is 5.75 Å². The zero-order valence-corrected chi connectivity index (χ0v) is 12.4. The van der Waals surface area contributed by atoms with E-state index in [-0.39, 0.29) is 12.0 Å². The second-order valence-electron chi connectivity index (χ2n) is 5.63. The molecule has 2 rings (SSSR count). The number of aliphatic hydroxyl groups is 1. The topological polar surface area (TPSA) is 29.5 Å². The highest BCUT2D eigenvalue weighted by Gasteiger charge is 2.17. The van der Waals surface area contributed by atoms with Crippen molar-refractivity contribution in [2.45, 2.75) is 39.2 Å². The molecule has 0 heterocycles. The van der Waals surface area contributed by atoms with Gasteiger partial charge in [-0.3, -0.25) is 0 Å². The Hall–Kier alpha value is -1.80. The van der Waals surface area contributed by atoms with Crippen LogP contribution >= 0.6 is 0 Å². The summed E-state index contributed by atoms with van der Waals surface area (Å²) in [6.45, 7) is 6.66. The maximum absolute atomic E-state index is 9.30. The van der Waals surface area contributed by atoms with Crippen molar-refractivity contribution in [3.63, 3.8) is 0 Å². The molecule has 2 aromatic carbocycles. The molecule has 0 amide bonds. The second kappa shape index (κ2) is 6.10. The molecule has 2 aromatic rings. The van der Waals surface area contributed by atoms with Crippen LogP contribution in [0.3, 0.4) is 0 Å². The SMILES string of the molecule is CCC(C)(C)c1ccc(Oc2ccccc2CO)cc1. The van der Waals surface area contributed by atoms with Crippen LogP contribution in [0.15, 0.2) is 48.5 Å². The van der Waals surface area contributed by atoms with E-state index >= 15 is 0 Å². The van der Waals surface area contributed by atoms with Crippen molar-refractivity contribution < 1.29 is 9.84 Å². The number of hydrogen-bond acceptors (Lipinski definition) is 2. The lowest BCUT2D eigenvalue weighted by molar-refractivity contribution is 0.276. The van der Waals surface area contributed by atoms with Crippen LogP contribution in [0, 0.1) is 0 Å². The summed E-state index contributed by atoms with van der Waals surface area (Å²) < 4.78 is 5.84. The fraction of sp³-hybridized carbons (Fsp3) is 0.333. The van der Waals surface area contributed by atoms with Gasteiger partial charge in [0, 0.05) is 5.56 Å².